The molecule has 0 aromatic rings. The van der Waals surface area contributed by atoms with Gasteiger partial charge in [-0.2, -0.15) is 0 Å². The van der Waals surface area contributed by atoms with Gasteiger partial charge in [-0.1, -0.05) is 0 Å². The van der Waals surface area contributed by atoms with Crippen LogP contribution in [0.1, 0.15) is 44.9 Å². The van der Waals surface area contributed by atoms with Crippen LogP contribution >= 0.6 is 0 Å². The molecule has 5 fully saturated rings. The summed E-state index contributed by atoms with van der Waals surface area (Å²) in [6.07, 6.45) is 9.78. The molecule has 4 saturated carbocycles. The second-order valence-corrected chi connectivity index (χ2v) is 6.71. The van der Waals surface area contributed by atoms with Gasteiger partial charge in [-0.05, 0) is 62.7 Å². The topological polar surface area (TPSA) is 18.5 Å². The van der Waals surface area contributed by atoms with E-state index in [1.54, 1.807) is 0 Å². The van der Waals surface area contributed by atoms with Crippen LogP contribution in [-0.4, -0.2) is 20.3 Å². The minimum Gasteiger partial charge on any atom is -0.411 e. The van der Waals surface area contributed by atoms with E-state index in [2.05, 4.69) is 0 Å². The minimum absolute atomic E-state index is 0.148. The van der Waals surface area contributed by atoms with Crippen LogP contribution in [0.4, 0.5) is 0 Å². The lowest BCUT2D eigenvalue weighted by molar-refractivity contribution is -0.00411. The summed E-state index contributed by atoms with van der Waals surface area (Å²) in [4.78, 5) is 0. The van der Waals surface area contributed by atoms with Crippen molar-refractivity contribution in [2.75, 3.05) is 13.2 Å². The number of hydrogen-bond donors (Lipinski definition) is 0. The fraction of sp³-hybridized carbons (Fsp3) is 1.00. The largest absolute Gasteiger partial charge is 0.463 e. The van der Waals surface area contributed by atoms with Crippen LogP contribution in [0.2, 0.25) is 5.31 Å². The van der Waals surface area contributed by atoms with E-state index in [1.165, 1.54) is 38.5 Å². The second-order valence-electron chi connectivity index (χ2n) is 6.71. The highest BCUT2D eigenvalue weighted by molar-refractivity contribution is 6.49. The first-order valence-corrected chi connectivity index (χ1v) is 7.07. The molecule has 1 saturated heterocycles. The van der Waals surface area contributed by atoms with Crippen molar-refractivity contribution < 1.29 is 9.31 Å². The number of rotatable bonds is 1. The highest BCUT2D eigenvalue weighted by atomic mass is 16.6. The molecule has 0 N–H and O–H groups in total. The van der Waals surface area contributed by atoms with Crippen molar-refractivity contribution in [1.82, 2.24) is 0 Å². The highest BCUT2D eigenvalue weighted by Gasteiger charge is 2.58. The van der Waals surface area contributed by atoms with Gasteiger partial charge >= 0.3 is 7.12 Å². The molecule has 88 valence electrons. The molecule has 0 unspecified atom stereocenters. The van der Waals surface area contributed by atoms with Crippen molar-refractivity contribution in [3.8, 4) is 0 Å². The summed E-state index contributed by atoms with van der Waals surface area (Å²) in [5.41, 5.74) is 0. The standard InChI is InChI=1S/C13H21BO2/c1-2-15-14(16-3-1)13-7-10-4-11(8-13)6-12(5-10)9-13/h10-12H,1-9H2. The molecule has 16 heavy (non-hydrogen) atoms. The van der Waals surface area contributed by atoms with Crippen LogP contribution in [0.25, 0.3) is 0 Å². The van der Waals surface area contributed by atoms with Gasteiger partial charge < -0.3 is 9.31 Å². The maximum Gasteiger partial charge on any atom is 0.463 e. The summed E-state index contributed by atoms with van der Waals surface area (Å²) >= 11 is 0. The van der Waals surface area contributed by atoms with E-state index in [9.17, 15) is 0 Å². The van der Waals surface area contributed by atoms with E-state index in [4.69, 9.17) is 9.31 Å². The molecule has 1 heterocycles. The smallest absolute Gasteiger partial charge is 0.411 e. The predicted molar refractivity (Wildman–Crippen MR) is 63.1 cm³/mol. The third-order valence-electron chi connectivity index (χ3n) is 5.41. The van der Waals surface area contributed by atoms with Gasteiger partial charge in [0.1, 0.15) is 0 Å². The third kappa shape index (κ3) is 1.40. The van der Waals surface area contributed by atoms with Crippen LogP contribution in [0.3, 0.4) is 0 Å². The maximum atomic E-state index is 5.94. The van der Waals surface area contributed by atoms with Crippen molar-refractivity contribution in [3.05, 3.63) is 0 Å². The van der Waals surface area contributed by atoms with Gasteiger partial charge in [0.05, 0.1) is 0 Å². The average molecular weight is 220 g/mol. The lowest BCUT2D eigenvalue weighted by Gasteiger charge is -2.57. The molecule has 4 bridgehead atoms. The summed E-state index contributed by atoms with van der Waals surface area (Å²) in [7, 11) is 0.148. The Morgan fingerprint density at radius 2 is 1.31 bits per heavy atom. The summed E-state index contributed by atoms with van der Waals surface area (Å²) in [6.45, 7) is 1.85. The monoisotopic (exact) mass is 220 g/mol. The Hall–Kier alpha value is -0.0151. The van der Waals surface area contributed by atoms with Gasteiger partial charge in [-0.3, -0.25) is 0 Å². The average Bonchev–Trinajstić information content (AvgIpc) is 2.28. The fourth-order valence-corrected chi connectivity index (χ4v) is 5.31. The SMILES string of the molecule is C1COB(C23CC4CC(CC(C4)C2)C3)OC1. The normalized spacial score (nSPS) is 51.0. The van der Waals surface area contributed by atoms with Gasteiger partial charge in [0.25, 0.3) is 0 Å². The Morgan fingerprint density at radius 3 is 1.81 bits per heavy atom. The molecule has 0 aromatic carbocycles. The molecule has 0 aromatic heterocycles. The first kappa shape index (κ1) is 9.96. The Bertz CT molecular complexity index is 250. The van der Waals surface area contributed by atoms with Crippen molar-refractivity contribution in [2.24, 2.45) is 17.8 Å². The van der Waals surface area contributed by atoms with Crippen LogP contribution in [0, 0.1) is 17.8 Å². The molecule has 0 atom stereocenters. The molecule has 1 aliphatic heterocycles. The third-order valence-corrected chi connectivity index (χ3v) is 5.41. The van der Waals surface area contributed by atoms with Crippen molar-refractivity contribution in [1.29, 1.82) is 0 Å². The van der Waals surface area contributed by atoms with Crippen LogP contribution in [0.5, 0.6) is 0 Å². The van der Waals surface area contributed by atoms with Crippen LogP contribution < -0.4 is 0 Å². The Kier molecular flexibility index (Phi) is 2.17. The van der Waals surface area contributed by atoms with Crippen LogP contribution in [0.15, 0.2) is 0 Å². The van der Waals surface area contributed by atoms with Gasteiger partial charge in [0.2, 0.25) is 0 Å². The van der Waals surface area contributed by atoms with E-state index in [1.807, 2.05) is 0 Å². The van der Waals surface area contributed by atoms with E-state index in [-0.39, 0.29) is 7.12 Å². The first-order valence-electron chi connectivity index (χ1n) is 7.07. The zero-order chi connectivity index (χ0) is 10.6. The molecular weight excluding hydrogens is 199 g/mol. The molecule has 2 nitrogen and oxygen atoms in total. The minimum atomic E-state index is 0.148. The Labute approximate surface area is 98.2 Å². The van der Waals surface area contributed by atoms with Gasteiger partial charge in [0, 0.05) is 18.5 Å². The maximum absolute atomic E-state index is 5.94. The summed E-state index contributed by atoms with van der Waals surface area (Å²) in [5, 5.41) is 0.426. The van der Waals surface area contributed by atoms with Crippen molar-refractivity contribution >= 4 is 7.12 Å². The van der Waals surface area contributed by atoms with Crippen LogP contribution in [-0.2, 0) is 9.31 Å². The predicted octanol–water partition coefficient (Wildman–Crippen LogP) is 2.88. The van der Waals surface area contributed by atoms with E-state index >= 15 is 0 Å². The van der Waals surface area contributed by atoms with E-state index in [0.717, 1.165) is 37.4 Å². The van der Waals surface area contributed by atoms with Gasteiger partial charge in [-0.15, -0.1) is 0 Å². The summed E-state index contributed by atoms with van der Waals surface area (Å²) in [6, 6.07) is 0. The first-order chi connectivity index (χ1) is 7.84. The molecule has 3 heteroatoms. The summed E-state index contributed by atoms with van der Waals surface area (Å²) < 4.78 is 11.9. The van der Waals surface area contributed by atoms with Crippen molar-refractivity contribution in [3.63, 3.8) is 0 Å². The Balaban J connectivity index is 1.60. The van der Waals surface area contributed by atoms with Gasteiger partial charge in [-0.25, -0.2) is 0 Å². The molecule has 0 radical (unpaired) electrons. The Morgan fingerprint density at radius 1 is 0.812 bits per heavy atom. The molecule has 4 aliphatic carbocycles. The lowest BCUT2D eigenvalue weighted by atomic mass is 9.38. The lowest BCUT2D eigenvalue weighted by Crippen LogP contribution is -2.52. The molecular formula is C13H21BO2. The molecule has 5 aliphatic rings. The second kappa shape index (κ2) is 3.49. The summed E-state index contributed by atoms with van der Waals surface area (Å²) in [5.74, 6) is 3.00. The molecule has 0 amide bonds. The van der Waals surface area contributed by atoms with Crippen molar-refractivity contribution in [2.45, 2.75) is 50.3 Å². The molecule has 5 rings (SSSR count). The number of hydrogen-bond acceptors (Lipinski definition) is 2. The van der Waals surface area contributed by atoms with E-state index < -0.39 is 0 Å². The zero-order valence-electron chi connectivity index (χ0n) is 9.99. The fourth-order valence-electron chi connectivity index (χ4n) is 5.31. The zero-order valence-corrected chi connectivity index (χ0v) is 9.99. The quantitative estimate of drug-likeness (QED) is 0.632. The van der Waals surface area contributed by atoms with E-state index in [0.29, 0.717) is 5.31 Å². The molecule has 0 spiro atoms. The van der Waals surface area contributed by atoms with Gasteiger partial charge in [0.15, 0.2) is 0 Å². The highest BCUT2D eigenvalue weighted by Crippen LogP contribution is 2.65.